The first-order chi connectivity index (χ1) is 9.74. The van der Waals surface area contributed by atoms with Gasteiger partial charge in [-0.2, -0.15) is 0 Å². The molecule has 1 amide bonds. The van der Waals surface area contributed by atoms with Crippen LogP contribution in [-0.2, 0) is 0 Å². The Kier molecular flexibility index (Phi) is 3.66. The lowest BCUT2D eigenvalue weighted by molar-refractivity contribution is 0.0946. The predicted molar refractivity (Wildman–Crippen MR) is 83.3 cm³/mol. The maximum Gasteiger partial charge on any atom is 0.251 e. The fraction of sp³-hybridized carbons (Fsp3) is 0.353. The number of nitrogens with one attached hydrogen (secondary N) is 1. The molecule has 3 heteroatoms. The molecule has 1 N–H and O–H groups in total. The number of carbonyl (C=O) groups is 1. The highest BCUT2D eigenvalue weighted by Crippen LogP contribution is 2.48. The Hall–Kier alpha value is -1.54. The summed E-state index contributed by atoms with van der Waals surface area (Å²) in [6, 6.07) is 13.8. The van der Waals surface area contributed by atoms with Crippen LogP contribution in [0.3, 0.4) is 0 Å². The number of hydrogen-bond donors (Lipinski definition) is 1. The number of fused-ring (bicyclic) bond motifs is 1. The average molecular weight is 288 g/mol. The standard InChI is InChI=1S/C17H18ClNO/c18-11-10-17(8-9-17)12-19-16(20)15-7-3-5-13-4-1-2-6-14(13)15/h1-7H,8-12H2,(H,19,20). The molecule has 0 saturated heterocycles. The van der Waals surface area contributed by atoms with Crippen molar-refractivity contribution in [1.29, 1.82) is 0 Å². The summed E-state index contributed by atoms with van der Waals surface area (Å²) >= 11 is 5.82. The molecule has 20 heavy (non-hydrogen) atoms. The van der Waals surface area contributed by atoms with Crippen molar-refractivity contribution >= 4 is 28.3 Å². The monoisotopic (exact) mass is 287 g/mol. The van der Waals surface area contributed by atoms with Gasteiger partial charge in [0, 0.05) is 18.0 Å². The maximum absolute atomic E-state index is 12.4. The molecular weight excluding hydrogens is 270 g/mol. The van der Waals surface area contributed by atoms with Crippen LogP contribution in [-0.4, -0.2) is 18.3 Å². The highest BCUT2D eigenvalue weighted by Gasteiger charge is 2.41. The number of benzene rings is 2. The Morgan fingerprint density at radius 3 is 2.65 bits per heavy atom. The fourth-order valence-corrected chi connectivity index (χ4v) is 3.08. The molecule has 2 aromatic rings. The zero-order valence-electron chi connectivity index (χ0n) is 11.4. The van der Waals surface area contributed by atoms with Crippen molar-refractivity contribution in [1.82, 2.24) is 5.32 Å². The van der Waals surface area contributed by atoms with Gasteiger partial charge < -0.3 is 5.32 Å². The molecule has 2 nitrogen and oxygen atoms in total. The van der Waals surface area contributed by atoms with E-state index in [9.17, 15) is 4.79 Å². The third-order valence-electron chi connectivity index (χ3n) is 4.24. The molecule has 1 saturated carbocycles. The third kappa shape index (κ3) is 2.66. The summed E-state index contributed by atoms with van der Waals surface area (Å²) in [5, 5.41) is 5.19. The predicted octanol–water partition coefficient (Wildman–Crippen LogP) is 3.98. The van der Waals surface area contributed by atoms with Gasteiger partial charge >= 0.3 is 0 Å². The number of carbonyl (C=O) groups excluding carboxylic acids is 1. The first-order valence-corrected chi connectivity index (χ1v) is 7.60. The van der Waals surface area contributed by atoms with Gasteiger partial charge in [-0.25, -0.2) is 0 Å². The molecular formula is C17H18ClNO. The van der Waals surface area contributed by atoms with Gasteiger partial charge in [-0.15, -0.1) is 11.6 Å². The van der Waals surface area contributed by atoms with E-state index >= 15 is 0 Å². The van der Waals surface area contributed by atoms with E-state index in [1.807, 2.05) is 42.5 Å². The van der Waals surface area contributed by atoms with Crippen molar-refractivity contribution in [3.05, 3.63) is 48.0 Å². The molecule has 1 aliphatic rings. The van der Waals surface area contributed by atoms with Crippen molar-refractivity contribution in [3.63, 3.8) is 0 Å². The lowest BCUT2D eigenvalue weighted by atomic mass is 10.0. The summed E-state index contributed by atoms with van der Waals surface area (Å²) in [5.74, 6) is 0.687. The molecule has 0 unspecified atom stereocenters. The summed E-state index contributed by atoms with van der Waals surface area (Å²) in [6.45, 7) is 0.738. The quantitative estimate of drug-likeness (QED) is 0.828. The first kappa shape index (κ1) is 13.4. The van der Waals surface area contributed by atoms with Gasteiger partial charge in [0.25, 0.3) is 5.91 Å². The first-order valence-electron chi connectivity index (χ1n) is 7.06. The normalized spacial score (nSPS) is 16.1. The smallest absolute Gasteiger partial charge is 0.251 e. The number of halogens is 1. The molecule has 0 aliphatic heterocycles. The van der Waals surface area contributed by atoms with Crippen LogP contribution in [0.2, 0.25) is 0 Å². The zero-order chi connectivity index (χ0) is 14.0. The van der Waals surface area contributed by atoms with E-state index in [2.05, 4.69) is 5.32 Å². The minimum absolute atomic E-state index is 0.0163. The van der Waals surface area contributed by atoms with E-state index in [4.69, 9.17) is 11.6 Å². The van der Waals surface area contributed by atoms with E-state index in [0.717, 1.165) is 29.3 Å². The second kappa shape index (κ2) is 5.45. The Labute approximate surface area is 124 Å². The topological polar surface area (TPSA) is 29.1 Å². The molecule has 0 bridgehead atoms. The van der Waals surface area contributed by atoms with Crippen molar-refractivity contribution in [2.45, 2.75) is 19.3 Å². The van der Waals surface area contributed by atoms with Crippen LogP contribution in [0.25, 0.3) is 10.8 Å². The number of alkyl halides is 1. The molecule has 3 rings (SSSR count). The lowest BCUT2D eigenvalue weighted by Crippen LogP contribution is -2.30. The highest BCUT2D eigenvalue weighted by molar-refractivity contribution is 6.17. The average Bonchev–Trinajstić information content (AvgIpc) is 3.25. The van der Waals surface area contributed by atoms with Crippen LogP contribution in [0.5, 0.6) is 0 Å². The van der Waals surface area contributed by atoms with Gasteiger partial charge in [-0.3, -0.25) is 4.79 Å². The summed E-state index contributed by atoms with van der Waals surface area (Å²) < 4.78 is 0. The molecule has 0 atom stereocenters. The molecule has 0 heterocycles. The van der Waals surface area contributed by atoms with Crippen molar-refractivity contribution in [2.75, 3.05) is 12.4 Å². The van der Waals surface area contributed by atoms with Crippen molar-refractivity contribution < 1.29 is 4.79 Å². The van der Waals surface area contributed by atoms with Gasteiger partial charge in [0.1, 0.15) is 0 Å². The van der Waals surface area contributed by atoms with E-state index in [0.29, 0.717) is 5.88 Å². The SMILES string of the molecule is O=C(NCC1(CCCl)CC1)c1cccc2ccccc12. The highest BCUT2D eigenvalue weighted by atomic mass is 35.5. The second-order valence-corrected chi connectivity index (χ2v) is 6.03. The minimum atomic E-state index is 0.0163. The number of hydrogen-bond acceptors (Lipinski definition) is 1. The molecule has 2 aromatic carbocycles. The minimum Gasteiger partial charge on any atom is -0.351 e. The molecule has 0 aromatic heterocycles. The van der Waals surface area contributed by atoms with Crippen LogP contribution in [0.1, 0.15) is 29.6 Å². The second-order valence-electron chi connectivity index (χ2n) is 5.65. The van der Waals surface area contributed by atoms with Crippen molar-refractivity contribution in [2.24, 2.45) is 5.41 Å². The fourth-order valence-electron chi connectivity index (χ4n) is 2.68. The Balaban J connectivity index is 1.76. The summed E-state index contributed by atoms with van der Waals surface area (Å²) in [7, 11) is 0. The Bertz CT molecular complexity index is 628. The molecule has 104 valence electrons. The van der Waals surface area contributed by atoms with E-state index in [1.165, 1.54) is 12.8 Å². The van der Waals surface area contributed by atoms with Gasteiger partial charge in [0.2, 0.25) is 0 Å². The zero-order valence-corrected chi connectivity index (χ0v) is 12.1. The molecule has 1 aliphatic carbocycles. The van der Waals surface area contributed by atoms with Crippen LogP contribution in [0.15, 0.2) is 42.5 Å². The summed E-state index contributed by atoms with van der Waals surface area (Å²) in [6.07, 6.45) is 3.34. The van der Waals surface area contributed by atoms with Crippen LogP contribution < -0.4 is 5.32 Å². The van der Waals surface area contributed by atoms with Gasteiger partial charge in [-0.05, 0) is 41.5 Å². The van der Waals surface area contributed by atoms with Gasteiger partial charge in [0.15, 0.2) is 0 Å². The number of amides is 1. The Morgan fingerprint density at radius 2 is 1.90 bits per heavy atom. The summed E-state index contributed by atoms with van der Waals surface area (Å²) in [5.41, 5.74) is 1.02. The lowest BCUT2D eigenvalue weighted by Gasteiger charge is -2.15. The Morgan fingerprint density at radius 1 is 1.15 bits per heavy atom. The maximum atomic E-state index is 12.4. The molecule has 0 radical (unpaired) electrons. The molecule has 0 spiro atoms. The van der Waals surface area contributed by atoms with Crippen LogP contribution in [0.4, 0.5) is 0 Å². The van der Waals surface area contributed by atoms with E-state index in [1.54, 1.807) is 0 Å². The summed E-state index contributed by atoms with van der Waals surface area (Å²) in [4.78, 5) is 12.4. The van der Waals surface area contributed by atoms with E-state index < -0.39 is 0 Å². The van der Waals surface area contributed by atoms with Crippen LogP contribution in [0, 0.1) is 5.41 Å². The molecule has 1 fully saturated rings. The van der Waals surface area contributed by atoms with Gasteiger partial charge in [0.05, 0.1) is 0 Å². The largest absolute Gasteiger partial charge is 0.351 e. The van der Waals surface area contributed by atoms with Gasteiger partial charge in [-0.1, -0.05) is 36.4 Å². The van der Waals surface area contributed by atoms with E-state index in [-0.39, 0.29) is 11.3 Å². The van der Waals surface area contributed by atoms with Crippen molar-refractivity contribution in [3.8, 4) is 0 Å². The third-order valence-corrected chi connectivity index (χ3v) is 4.43. The van der Waals surface area contributed by atoms with Crippen LogP contribution >= 0.6 is 11.6 Å². The number of rotatable bonds is 5.